The minimum Gasteiger partial charge on any atom is -0.394 e. The van der Waals surface area contributed by atoms with Crippen molar-refractivity contribution in [3.63, 3.8) is 0 Å². The van der Waals surface area contributed by atoms with Crippen LogP contribution in [-0.4, -0.2) is 26.5 Å². The summed E-state index contributed by atoms with van der Waals surface area (Å²) in [6.07, 6.45) is 0. The summed E-state index contributed by atoms with van der Waals surface area (Å²) in [7, 11) is 0. The number of nitrogens with one attached hydrogen (secondary N) is 2. The minimum absolute atomic E-state index is 0.315. The second kappa shape index (κ2) is 4.19. The summed E-state index contributed by atoms with van der Waals surface area (Å²) in [5.74, 6) is 0. The minimum atomic E-state index is -0.663. The predicted octanol–water partition coefficient (Wildman–Crippen LogP) is -0.554. The first-order chi connectivity index (χ1) is 7.74. The van der Waals surface area contributed by atoms with Gasteiger partial charge in [0.15, 0.2) is 0 Å². The van der Waals surface area contributed by atoms with Crippen LogP contribution in [-0.2, 0) is 0 Å². The lowest BCUT2D eigenvalue weighted by Crippen LogP contribution is -2.33. The van der Waals surface area contributed by atoms with Gasteiger partial charge in [0.2, 0.25) is 0 Å². The highest BCUT2D eigenvalue weighted by atomic mass is 16.3. The van der Waals surface area contributed by atoms with E-state index >= 15 is 0 Å². The molecular weight excluding hydrogens is 210 g/mol. The van der Waals surface area contributed by atoms with E-state index in [0.29, 0.717) is 5.56 Å². The molecule has 0 fully saturated rings. The van der Waals surface area contributed by atoms with E-state index in [9.17, 15) is 14.7 Å². The van der Waals surface area contributed by atoms with Crippen LogP contribution in [0.25, 0.3) is 0 Å². The molecule has 6 heteroatoms. The zero-order valence-electron chi connectivity index (χ0n) is 8.38. The Bertz CT molecular complexity index is 539. The normalized spacial score (nSPS) is 12.6. The van der Waals surface area contributed by atoms with E-state index in [0.717, 1.165) is 4.57 Å². The van der Waals surface area contributed by atoms with Crippen molar-refractivity contribution in [2.75, 3.05) is 6.61 Å². The molecule has 0 bridgehead atoms. The van der Waals surface area contributed by atoms with Crippen LogP contribution in [0.5, 0.6) is 0 Å². The Kier molecular flexibility index (Phi) is 2.74. The van der Waals surface area contributed by atoms with Gasteiger partial charge in [-0.1, -0.05) is 30.3 Å². The van der Waals surface area contributed by atoms with Crippen molar-refractivity contribution >= 4 is 0 Å². The molecule has 0 amide bonds. The lowest BCUT2D eigenvalue weighted by molar-refractivity contribution is 0.245. The molecule has 0 aliphatic heterocycles. The van der Waals surface area contributed by atoms with Crippen LogP contribution >= 0.6 is 0 Å². The van der Waals surface area contributed by atoms with Gasteiger partial charge in [0.25, 0.3) is 0 Å². The molecule has 3 N–H and O–H groups in total. The molecule has 1 aromatic heterocycles. The Labute approximate surface area is 90.2 Å². The molecule has 0 spiro atoms. The zero-order valence-corrected chi connectivity index (χ0v) is 8.38. The third kappa shape index (κ3) is 1.70. The standard InChI is InChI=1S/C10H11N3O3/c14-6-8(7-4-2-1-3-5-7)13-9(15)11-12-10(13)16/h1-5,8,14H,6H2,(H,11,15)(H,12,16)/t8-/m0/s1. The number of aliphatic hydroxyl groups excluding tert-OH is 1. The SMILES string of the molecule is O=c1[nH][nH]c(=O)n1[C@@H](CO)c1ccccc1. The van der Waals surface area contributed by atoms with Crippen LogP contribution in [0.4, 0.5) is 0 Å². The third-order valence-electron chi connectivity index (χ3n) is 2.38. The van der Waals surface area contributed by atoms with E-state index in [1.165, 1.54) is 0 Å². The number of aromatic amines is 2. The van der Waals surface area contributed by atoms with Crippen molar-refractivity contribution < 1.29 is 5.11 Å². The lowest BCUT2D eigenvalue weighted by Gasteiger charge is -2.13. The highest BCUT2D eigenvalue weighted by Gasteiger charge is 2.17. The van der Waals surface area contributed by atoms with Gasteiger partial charge in [0, 0.05) is 0 Å². The molecule has 1 atom stereocenters. The van der Waals surface area contributed by atoms with E-state index in [4.69, 9.17) is 0 Å². The Morgan fingerprint density at radius 2 is 1.69 bits per heavy atom. The van der Waals surface area contributed by atoms with Crippen LogP contribution in [0.1, 0.15) is 11.6 Å². The fourth-order valence-electron chi connectivity index (χ4n) is 1.61. The average Bonchev–Trinajstić information content (AvgIpc) is 2.63. The Morgan fingerprint density at radius 3 is 2.19 bits per heavy atom. The van der Waals surface area contributed by atoms with Crippen LogP contribution in [0.2, 0.25) is 0 Å². The molecule has 0 aliphatic rings. The fourth-order valence-corrected chi connectivity index (χ4v) is 1.61. The second-order valence-corrected chi connectivity index (χ2v) is 3.34. The van der Waals surface area contributed by atoms with Gasteiger partial charge in [-0.05, 0) is 5.56 Å². The van der Waals surface area contributed by atoms with Gasteiger partial charge in [-0.3, -0.25) is 0 Å². The van der Waals surface area contributed by atoms with Gasteiger partial charge in [-0.15, -0.1) is 0 Å². The number of hydrogen-bond acceptors (Lipinski definition) is 3. The van der Waals surface area contributed by atoms with E-state index in [1.807, 2.05) is 6.07 Å². The van der Waals surface area contributed by atoms with Crippen LogP contribution < -0.4 is 11.4 Å². The van der Waals surface area contributed by atoms with Gasteiger partial charge in [-0.2, -0.15) is 0 Å². The van der Waals surface area contributed by atoms with Crippen molar-refractivity contribution in [2.45, 2.75) is 6.04 Å². The number of hydrogen-bond donors (Lipinski definition) is 3. The number of benzene rings is 1. The molecule has 1 heterocycles. The molecule has 16 heavy (non-hydrogen) atoms. The average molecular weight is 221 g/mol. The maximum Gasteiger partial charge on any atom is 0.344 e. The maximum atomic E-state index is 11.4. The van der Waals surface area contributed by atoms with Gasteiger partial charge < -0.3 is 5.11 Å². The molecule has 6 nitrogen and oxygen atoms in total. The fraction of sp³-hybridized carbons (Fsp3) is 0.200. The smallest absolute Gasteiger partial charge is 0.344 e. The van der Waals surface area contributed by atoms with E-state index in [1.54, 1.807) is 24.3 Å². The Balaban J connectivity index is 2.53. The highest BCUT2D eigenvalue weighted by molar-refractivity contribution is 5.19. The zero-order chi connectivity index (χ0) is 11.5. The summed E-state index contributed by atoms with van der Waals surface area (Å²) in [5, 5.41) is 13.6. The summed E-state index contributed by atoms with van der Waals surface area (Å²) in [4.78, 5) is 22.8. The van der Waals surface area contributed by atoms with Crippen LogP contribution in [0.15, 0.2) is 39.9 Å². The number of aromatic nitrogens is 3. The van der Waals surface area contributed by atoms with Crippen molar-refractivity contribution in [3.8, 4) is 0 Å². The summed E-state index contributed by atoms with van der Waals surface area (Å²) >= 11 is 0. The molecular formula is C10H11N3O3. The van der Waals surface area contributed by atoms with Crippen molar-refractivity contribution in [1.29, 1.82) is 0 Å². The van der Waals surface area contributed by atoms with Crippen LogP contribution in [0, 0.1) is 0 Å². The third-order valence-corrected chi connectivity index (χ3v) is 2.38. The monoisotopic (exact) mass is 221 g/mol. The molecule has 0 unspecified atom stereocenters. The van der Waals surface area contributed by atoms with Crippen molar-refractivity contribution in [2.24, 2.45) is 0 Å². The van der Waals surface area contributed by atoms with Crippen LogP contribution in [0.3, 0.4) is 0 Å². The topological polar surface area (TPSA) is 90.9 Å². The molecule has 0 radical (unpaired) electrons. The molecule has 0 saturated heterocycles. The quantitative estimate of drug-likeness (QED) is 0.649. The maximum absolute atomic E-state index is 11.4. The Hall–Kier alpha value is -2.08. The molecule has 0 saturated carbocycles. The number of nitrogens with zero attached hydrogens (tertiary/aromatic N) is 1. The highest BCUT2D eigenvalue weighted by Crippen LogP contribution is 2.13. The van der Waals surface area contributed by atoms with E-state index in [-0.39, 0.29) is 6.61 Å². The predicted molar refractivity (Wildman–Crippen MR) is 57.3 cm³/mol. The van der Waals surface area contributed by atoms with Crippen molar-refractivity contribution in [1.82, 2.24) is 14.8 Å². The first kappa shape index (κ1) is 10.4. The summed E-state index contributed by atoms with van der Waals surface area (Å²) in [5.41, 5.74) is -0.419. The summed E-state index contributed by atoms with van der Waals surface area (Å²) in [6.45, 7) is -0.315. The largest absolute Gasteiger partial charge is 0.394 e. The molecule has 1 aromatic carbocycles. The van der Waals surface area contributed by atoms with Gasteiger partial charge in [0.1, 0.15) is 0 Å². The van der Waals surface area contributed by atoms with Gasteiger partial charge >= 0.3 is 11.4 Å². The first-order valence-corrected chi connectivity index (χ1v) is 4.79. The first-order valence-electron chi connectivity index (χ1n) is 4.79. The summed E-state index contributed by atoms with van der Waals surface area (Å²) < 4.78 is 0.954. The van der Waals surface area contributed by atoms with Crippen molar-refractivity contribution in [3.05, 3.63) is 56.9 Å². The van der Waals surface area contributed by atoms with E-state index < -0.39 is 17.4 Å². The molecule has 0 aliphatic carbocycles. The molecule has 84 valence electrons. The lowest BCUT2D eigenvalue weighted by atomic mass is 10.1. The summed E-state index contributed by atoms with van der Waals surface area (Å²) in [6, 6.07) is 8.22. The number of rotatable bonds is 3. The van der Waals surface area contributed by atoms with E-state index in [2.05, 4.69) is 10.2 Å². The Morgan fingerprint density at radius 1 is 1.12 bits per heavy atom. The van der Waals surface area contributed by atoms with Gasteiger partial charge in [0.05, 0.1) is 12.6 Å². The number of H-pyrrole nitrogens is 2. The van der Waals surface area contributed by atoms with Gasteiger partial charge in [-0.25, -0.2) is 24.4 Å². The molecule has 2 aromatic rings. The second-order valence-electron chi connectivity index (χ2n) is 3.34. The molecule has 2 rings (SSSR count). The number of aliphatic hydroxyl groups is 1.